The first-order valence-electron chi connectivity index (χ1n) is 9.27. The van der Waals surface area contributed by atoms with Crippen molar-refractivity contribution in [3.8, 4) is 17.0 Å². The Morgan fingerprint density at radius 1 is 1.03 bits per heavy atom. The lowest BCUT2D eigenvalue weighted by Gasteiger charge is -2.13. The van der Waals surface area contributed by atoms with Gasteiger partial charge in [0.2, 0.25) is 11.8 Å². The molecule has 2 N–H and O–H groups in total. The van der Waals surface area contributed by atoms with Crippen LogP contribution in [0.5, 0.6) is 5.88 Å². The van der Waals surface area contributed by atoms with E-state index >= 15 is 0 Å². The van der Waals surface area contributed by atoms with Gasteiger partial charge in [-0.15, -0.1) is 0 Å². The summed E-state index contributed by atoms with van der Waals surface area (Å²) in [5, 5.41) is 3.74. The van der Waals surface area contributed by atoms with E-state index < -0.39 is 15.8 Å². The summed E-state index contributed by atoms with van der Waals surface area (Å²) < 4.78 is 47.6. The van der Waals surface area contributed by atoms with Crippen LogP contribution in [0.1, 0.15) is 0 Å². The summed E-state index contributed by atoms with van der Waals surface area (Å²) in [5.41, 5.74) is 1.88. The van der Waals surface area contributed by atoms with E-state index in [1.165, 1.54) is 31.5 Å². The molecule has 0 aliphatic heterocycles. The zero-order valence-electron chi connectivity index (χ0n) is 16.9. The van der Waals surface area contributed by atoms with Gasteiger partial charge in [-0.25, -0.2) is 27.8 Å². The molecule has 0 amide bonds. The molecule has 32 heavy (non-hydrogen) atoms. The molecule has 2 aromatic carbocycles. The van der Waals surface area contributed by atoms with E-state index in [1.54, 1.807) is 31.4 Å². The van der Waals surface area contributed by atoms with Crippen LogP contribution in [0, 0.1) is 5.82 Å². The highest BCUT2D eigenvalue weighted by molar-refractivity contribution is 7.92. The summed E-state index contributed by atoms with van der Waals surface area (Å²) in [6.45, 7) is 0. The predicted octanol–water partition coefficient (Wildman–Crippen LogP) is 4.34. The van der Waals surface area contributed by atoms with E-state index in [1.807, 2.05) is 0 Å². The first kappa shape index (κ1) is 21.7. The normalized spacial score (nSPS) is 11.4. The molecule has 0 radical (unpaired) electrons. The van der Waals surface area contributed by atoms with E-state index in [0.29, 0.717) is 22.6 Å². The fraction of sp³-hybridized carbons (Fsp3) is 0.0952. The van der Waals surface area contributed by atoms with Gasteiger partial charge in [-0.2, -0.15) is 0 Å². The number of benzene rings is 2. The van der Waals surface area contributed by atoms with Gasteiger partial charge in [0.05, 0.1) is 23.3 Å². The van der Waals surface area contributed by atoms with Gasteiger partial charge in [0.1, 0.15) is 5.82 Å². The third-order valence-electron chi connectivity index (χ3n) is 4.55. The van der Waals surface area contributed by atoms with Crippen molar-refractivity contribution in [2.75, 3.05) is 24.2 Å². The number of anilines is 2. The van der Waals surface area contributed by atoms with Crippen molar-refractivity contribution in [1.29, 1.82) is 0 Å². The molecule has 0 bridgehead atoms. The summed E-state index contributed by atoms with van der Waals surface area (Å²) in [5.74, 6) is -0.258. The first-order chi connectivity index (χ1) is 15.3. The van der Waals surface area contributed by atoms with E-state index in [9.17, 15) is 12.8 Å². The summed E-state index contributed by atoms with van der Waals surface area (Å²) in [4.78, 5) is 12.1. The maximum atomic E-state index is 14.4. The lowest BCUT2D eigenvalue weighted by Crippen LogP contribution is -2.15. The molecule has 2 aromatic heterocycles. The number of aromatic nitrogens is 3. The maximum absolute atomic E-state index is 14.4. The summed E-state index contributed by atoms with van der Waals surface area (Å²) in [6, 6.07) is 10.5. The number of nitrogens with zero attached hydrogens (tertiary/aromatic N) is 3. The third kappa shape index (κ3) is 4.41. The minimum Gasteiger partial charge on any atom is -0.480 e. The second-order valence-corrected chi connectivity index (χ2v) is 8.80. The summed E-state index contributed by atoms with van der Waals surface area (Å²) >= 11 is 5.90. The van der Waals surface area contributed by atoms with Crippen molar-refractivity contribution < 1.29 is 17.5 Å². The maximum Gasteiger partial charge on any atom is 0.267 e. The van der Waals surface area contributed by atoms with Gasteiger partial charge in [0.15, 0.2) is 4.90 Å². The van der Waals surface area contributed by atoms with Crippen molar-refractivity contribution in [2.45, 2.75) is 4.90 Å². The van der Waals surface area contributed by atoms with Crippen LogP contribution >= 0.6 is 11.6 Å². The molecule has 0 saturated carbocycles. The Morgan fingerprint density at radius 2 is 1.84 bits per heavy atom. The molecule has 0 atom stereocenters. The standard InChI is InChI=1S/C21H17ClFN5O3S/c1-24-21-26-10-14-5-12(3-4-18(14)27-21)13-6-16(23)9-17(7-13)28-32(29,30)19-8-15(22)11-25-20(19)31-2/h3-11,28H,1-2H3,(H,24,26,27). The molecule has 0 fully saturated rings. The number of nitrogens with one attached hydrogen (secondary N) is 2. The largest absolute Gasteiger partial charge is 0.480 e. The Morgan fingerprint density at radius 3 is 2.59 bits per heavy atom. The second kappa shape index (κ2) is 8.56. The lowest BCUT2D eigenvalue weighted by atomic mass is 10.0. The number of sulfonamides is 1. The molecule has 0 spiro atoms. The number of methoxy groups -OCH3 is 1. The van der Waals surface area contributed by atoms with E-state index in [2.05, 4.69) is 25.0 Å². The van der Waals surface area contributed by atoms with E-state index in [-0.39, 0.29) is 21.5 Å². The highest BCUT2D eigenvalue weighted by Gasteiger charge is 2.22. The van der Waals surface area contributed by atoms with Crippen molar-refractivity contribution in [3.63, 3.8) is 0 Å². The average Bonchev–Trinajstić information content (AvgIpc) is 2.77. The fourth-order valence-electron chi connectivity index (χ4n) is 3.11. The van der Waals surface area contributed by atoms with Crippen molar-refractivity contribution in [1.82, 2.24) is 15.0 Å². The Hall–Kier alpha value is -3.50. The topological polar surface area (TPSA) is 106 Å². The SMILES string of the molecule is CNc1ncc2cc(-c3cc(F)cc(NS(=O)(=O)c4cc(Cl)cnc4OC)c3)ccc2n1. The highest BCUT2D eigenvalue weighted by atomic mass is 35.5. The summed E-state index contributed by atoms with van der Waals surface area (Å²) in [6.07, 6.45) is 2.92. The van der Waals surface area contributed by atoms with Crippen LogP contribution in [0.4, 0.5) is 16.0 Å². The zero-order chi connectivity index (χ0) is 22.9. The molecular formula is C21H17ClFN5O3S. The molecule has 4 rings (SSSR count). The minimum absolute atomic E-state index is 0.0314. The van der Waals surface area contributed by atoms with Crippen molar-refractivity contribution in [3.05, 3.63) is 65.7 Å². The molecule has 164 valence electrons. The van der Waals surface area contributed by atoms with Gasteiger partial charge >= 0.3 is 0 Å². The number of hydrogen-bond acceptors (Lipinski definition) is 7. The average molecular weight is 474 g/mol. The third-order valence-corrected chi connectivity index (χ3v) is 6.14. The Labute approximate surface area is 188 Å². The predicted molar refractivity (Wildman–Crippen MR) is 121 cm³/mol. The molecule has 11 heteroatoms. The van der Waals surface area contributed by atoms with Crippen LogP contribution in [0.15, 0.2) is 59.8 Å². The number of rotatable bonds is 6. The molecule has 0 saturated heterocycles. The first-order valence-corrected chi connectivity index (χ1v) is 11.1. The van der Waals surface area contributed by atoms with Gasteiger partial charge in [-0.1, -0.05) is 17.7 Å². The van der Waals surface area contributed by atoms with Gasteiger partial charge in [0.25, 0.3) is 10.0 Å². The zero-order valence-corrected chi connectivity index (χ0v) is 18.5. The number of hydrogen-bond donors (Lipinski definition) is 2. The molecule has 0 aliphatic carbocycles. The van der Waals surface area contributed by atoms with Crippen molar-refractivity contribution in [2.24, 2.45) is 0 Å². The molecule has 0 unspecified atom stereocenters. The van der Waals surface area contributed by atoms with Gasteiger partial charge < -0.3 is 10.1 Å². The van der Waals surface area contributed by atoms with Crippen LogP contribution < -0.4 is 14.8 Å². The monoisotopic (exact) mass is 473 g/mol. The van der Waals surface area contributed by atoms with Crippen LogP contribution in [-0.2, 0) is 10.0 Å². The van der Waals surface area contributed by atoms with Gasteiger partial charge in [0, 0.05) is 24.8 Å². The molecule has 8 nitrogen and oxygen atoms in total. The van der Waals surface area contributed by atoms with E-state index in [4.69, 9.17) is 16.3 Å². The van der Waals surface area contributed by atoms with E-state index in [0.717, 1.165) is 11.5 Å². The van der Waals surface area contributed by atoms with Crippen LogP contribution in [0.25, 0.3) is 22.0 Å². The minimum atomic E-state index is -4.15. The van der Waals surface area contributed by atoms with Gasteiger partial charge in [-0.3, -0.25) is 4.72 Å². The van der Waals surface area contributed by atoms with Gasteiger partial charge in [-0.05, 0) is 47.5 Å². The molecular weight excluding hydrogens is 457 g/mol. The Kier molecular flexibility index (Phi) is 5.81. The molecule has 0 aliphatic rings. The quantitative estimate of drug-likeness (QED) is 0.429. The lowest BCUT2D eigenvalue weighted by molar-refractivity contribution is 0.385. The highest BCUT2D eigenvalue weighted by Crippen LogP contribution is 2.30. The summed E-state index contributed by atoms with van der Waals surface area (Å²) in [7, 11) is -1.14. The Bertz CT molecular complexity index is 1430. The number of ether oxygens (including phenoxy) is 1. The smallest absolute Gasteiger partial charge is 0.267 e. The second-order valence-electron chi connectivity index (χ2n) is 6.71. The molecule has 2 heterocycles. The Balaban J connectivity index is 1.72. The van der Waals surface area contributed by atoms with Crippen LogP contribution in [-0.4, -0.2) is 37.5 Å². The number of halogens is 2. The molecule has 4 aromatic rings. The van der Waals surface area contributed by atoms with Crippen LogP contribution in [0.3, 0.4) is 0 Å². The van der Waals surface area contributed by atoms with Crippen molar-refractivity contribution >= 4 is 44.2 Å². The van der Waals surface area contributed by atoms with Crippen LogP contribution in [0.2, 0.25) is 5.02 Å². The fourth-order valence-corrected chi connectivity index (χ4v) is 4.52. The number of fused-ring (bicyclic) bond motifs is 1. The number of pyridine rings is 1.